The van der Waals surface area contributed by atoms with E-state index in [1.54, 1.807) is 19.1 Å². The Balaban J connectivity index is 1.88. The van der Waals surface area contributed by atoms with Crippen LogP contribution in [0.2, 0.25) is 0 Å². The van der Waals surface area contributed by atoms with Gasteiger partial charge in [-0.3, -0.25) is 9.52 Å². The van der Waals surface area contributed by atoms with Gasteiger partial charge < -0.3 is 4.57 Å². The number of aryl methyl sites for hydroxylation is 2. The molecule has 0 atom stereocenters. The number of carbonyl (C=O) groups is 1. The number of anilines is 1. The lowest BCUT2D eigenvalue weighted by atomic mass is 10.1. The molecule has 2 aromatic carbocycles. The van der Waals surface area contributed by atoms with Crippen molar-refractivity contribution in [3.63, 3.8) is 0 Å². The predicted molar refractivity (Wildman–Crippen MR) is 103 cm³/mol. The van der Waals surface area contributed by atoms with Gasteiger partial charge in [0.25, 0.3) is 5.91 Å². The van der Waals surface area contributed by atoms with E-state index in [0.29, 0.717) is 16.1 Å². The summed E-state index contributed by atoms with van der Waals surface area (Å²) in [5.74, 6) is -0.418. The highest BCUT2D eigenvalue weighted by Gasteiger charge is 2.11. The van der Waals surface area contributed by atoms with Gasteiger partial charge >= 0.3 is 0 Å². The van der Waals surface area contributed by atoms with Gasteiger partial charge in [0, 0.05) is 12.6 Å². The Bertz CT molecular complexity index is 1160. The van der Waals surface area contributed by atoms with E-state index in [0.717, 1.165) is 22.0 Å². The highest BCUT2D eigenvalue weighted by atomic mass is 32.2. The maximum absolute atomic E-state index is 12.4. The number of hydrogen-bond acceptors (Lipinski definition) is 5. The molecule has 26 heavy (non-hydrogen) atoms. The van der Waals surface area contributed by atoms with E-state index in [4.69, 9.17) is 0 Å². The zero-order valence-corrected chi connectivity index (χ0v) is 16.1. The van der Waals surface area contributed by atoms with Crippen molar-refractivity contribution in [2.45, 2.75) is 6.92 Å². The number of fused-ring (bicyclic) bond motifs is 1. The molecule has 1 amide bonds. The normalized spacial score (nSPS) is 12.3. The van der Waals surface area contributed by atoms with E-state index in [2.05, 4.69) is 15.2 Å². The van der Waals surface area contributed by atoms with E-state index in [1.807, 2.05) is 35.9 Å². The van der Waals surface area contributed by atoms with E-state index >= 15 is 0 Å². The molecule has 0 radical (unpaired) electrons. The average Bonchev–Trinajstić information content (AvgIpc) is 2.90. The van der Waals surface area contributed by atoms with Crippen LogP contribution in [-0.2, 0) is 17.1 Å². The van der Waals surface area contributed by atoms with E-state index in [-0.39, 0.29) is 0 Å². The number of nitrogens with zero attached hydrogens (tertiary/aromatic N) is 2. The molecule has 0 aliphatic heterocycles. The van der Waals surface area contributed by atoms with Crippen LogP contribution in [0.1, 0.15) is 15.9 Å². The molecule has 9 heteroatoms. The Kier molecular flexibility index (Phi) is 4.84. The number of aromatic nitrogens is 1. The first-order valence-electron chi connectivity index (χ1n) is 7.72. The van der Waals surface area contributed by atoms with Crippen LogP contribution in [0.3, 0.4) is 0 Å². The number of nitrogens with one attached hydrogen (secondary N) is 2. The average molecular weight is 390 g/mol. The van der Waals surface area contributed by atoms with E-state index < -0.39 is 15.9 Å². The Labute approximate surface area is 155 Å². The molecule has 1 aromatic heterocycles. The van der Waals surface area contributed by atoms with Crippen molar-refractivity contribution < 1.29 is 13.2 Å². The zero-order chi connectivity index (χ0) is 18.9. The highest BCUT2D eigenvalue weighted by molar-refractivity contribution is 7.92. The molecule has 0 aliphatic carbocycles. The first-order valence-corrected chi connectivity index (χ1v) is 10.4. The van der Waals surface area contributed by atoms with Crippen LogP contribution in [-0.4, -0.2) is 25.1 Å². The number of rotatable bonds is 4. The topological polar surface area (TPSA) is 92.6 Å². The number of hydrogen-bond donors (Lipinski definition) is 2. The summed E-state index contributed by atoms with van der Waals surface area (Å²) in [6.45, 7) is 1.76. The standard InChI is InChI=1S/C17H18N4O3S2/c1-11-8-9-12(10-13(11)20-26(3,23)24)16(22)18-19-17-21(2)14-6-4-5-7-15(14)25-17/h4-10,20H,1-3H3,(H,18,22)/b19-17+. The van der Waals surface area contributed by atoms with Crippen LogP contribution in [0.5, 0.6) is 0 Å². The smallest absolute Gasteiger partial charge is 0.271 e. The van der Waals surface area contributed by atoms with Crippen LogP contribution >= 0.6 is 11.3 Å². The lowest BCUT2D eigenvalue weighted by Crippen LogP contribution is -2.23. The fourth-order valence-electron chi connectivity index (χ4n) is 2.42. The number of carbonyl (C=O) groups excluding carboxylic acids is 1. The molecule has 0 saturated carbocycles. The third kappa shape index (κ3) is 3.94. The lowest BCUT2D eigenvalue weighted by Gasteiger charge is -2.09. The van der Waals surface area contributed by atoms with Crippen molar-refractivity contribution in [3.05, 3.63) is 58.4 Å². The van der Waals surface area contributed by atoms with Gasteiger partial charge in [-0.05, 0) is 36.8 Å². The summed E-state index contributed by atoms with van der Waals surface area (Å²) in [5.41, 5.74) is 4.96. The van der Waals surface area contributed by atoms with Crippen molar-refractivity contribution in [1.82, 2.24) is 9.99 Å². The molecule has 0 aliphatic rings. The maximum Gasteiger partial charge on any atom is 0.271 e. The second-order valence-corrected chi connectivity index (χ2v) is 8.63. The Hall–Kier alpha value is -2.65. The van der Waals surface area contributed by atoms with Crippen molar-refractivity contribution in [3.8, 4) is 0 Å². The second-order valence-electron chi connectivity index (χ2n) is 5.87. The van der Waals surface area contributed by atoms with Crippen molar-refractivity contribution in [2.24, 2.45) is 12.1 Å². The SMILES string of the molecule is Cc1ccc(C(=O)N/N=c2/sc3ccccc3n2C)cc1NS(C)(=O)=O. The minimum absolute atomic E-state index is 0.314. The van der Waals surface area contributed by atoms with E-state index in [9.17, 15) is 13.2 Å². The summed E-state index contributed by atoms with van der Waals surface area (Å²) in [6.07, 6.45) is 1.07. The monoisotopic (exact) mass is 390 g/mol. The van der Waals surface area contributed by atoms with Gasteiger partial charge in [0.2, 0.25) is 14.8 Å². The molecule has 136 valence electrons. The molecule has 0 unspecified atom stereocenters. The first kappa shape index (κ1) is 18.2. The Morgan fingerprint density at radius 3 is 2.62 bits per heavy atom. The molecule has 0 fully saturated rings. The predicted octanol–water partition coefficient (Wildman–Crippen LogP) is 2.17. The molecule has 1 heterocycles. The molecule has 3 aromatic rings. The summed E-state index contributed by atoms with van der Waals surface area (Å²) in [4.78, 5) is 13.0. The maximum atomic E-state index is 12.4. The molecular formula is C17H18N4O3S2. The van der Waals surface area contributed by atoms with Gasteiger partial charge in [0.15, 0.2) is 0 Å². The summed E-state index contributed by atoms with van der Waals surface area (Å²) in [5, 5.41) is 4.19. The third-order valence-corrected chi connectivity index (χ3v) is 5.47. The molecule has 2 N–H and O–H groups in total. The molecule has 3 rings (SSSR count). The summed E-state index contributed by atoms with van der Waals surface area (Å²) in [7, 11) is -1.55. The van der Waals surface area contributed by atoms with Crippen molar-refractivity contribution in [2.75, 3.05) is 11.0 Å². The molecule has 0 bridgehead atoms. The van der Waals surface area contributed by atoms with Crippen molar-refractivity contribution >= 4 is 43.2 Å². The zero-order valence-electron chi connectivity index (χ0n) is 14.5. The van der Waals surface area contributed by atoms with Gasteiger partial charge in [-0.2, -0.15) is 0 Å². The fraction of sp³-hybridized carbons (Fsp3) is 0.176. The molecule has 0 spiro atoms. The largest absolute Gasteiger partial charge is 0.318 e. The fourth-order valence-corrected chi connectivity index (χ4v) is 4.02. The minimum Gasteiger partial charge on any atom is -0.318 e. The minimum atomic E-state index is -3.42. The van der Waals surface area contributed by atoms with Crippen LogP contribution in [0.4, 0.5) is 5.69 Å². The van der Waals surface area contributed by atoms with Gasteiger partial charge in [0.05, 0.1) is 22.2 Å². The third-order valence-electron chi connectivity index (χ3n) is 3.76. The summed E-state index contributed by atoms with van der Waals surface area (Å²) in [6, 6.07) is 12.7. The Morgan fingerprint density at radius 2 is 1.92 bits per heavy atom. The number of sulfonamides is 1. The molecule has 7 nitrogen and oxygen atoms in total. The second kappa shape index (κ2) is 6.93. The van der Waals surface area contributed by atoms with Crippen molar-refractivity contribution in [1.29, 1.82) is 0 Å². The van der Waals surface area contributed by atoms with Crippen LogP contribution in [0, 0.1) is 6.92 Å². The first-order chi connectivity index (χ1) is 12.2. The van der Waals surface area contributed by atoms with Gasteiger partial charge in [-0.15, -0.1) is 5.10 Å². The summed E-state index contributed by atoms with van der Waals surface area (Å²) < 4.78 is 28.2. The van der Waals surface area contributed by atoms with Gasteiger partial charge in [-0.1, -0.05) is 29.5 Å². The Morgan fingerprint density at radius 1 is 1.19 bits per heavy atom. The lowest BCUT2D eigenvalue weighted by molar-refractivity contribution is 0.0953. The van der Waals surface area contributed by atoms with Crippen LogP contribution in [0.25, 0.3) is 10.2 Å². The van der Waals surface area contributed by atoms with Crippen LogP contribution in [0.15, 0.2) is 47.6 Å². The van der Waals surface area contributed by atoms with Crippen LogP contribution < -0.4 is 14.9 Å². The molecule has 0 saturated heterocycles. The highest BCUT2D eigenvalue weighted by Crippen LogP contribution is 2.18. The van der Waals surface area contributed by atoms with Gasteiger partial charge in [0.1, 0.15) is 0 Å². The number of thiazole rings is 1. The number of para-hydroxylation sites is 1. The quantitative estimate of drug-likeness (QED) is 0.669. The molecular weight excluding hydrogens is 372 g/mol. The number of benzene rings is 2. The van der Waals surface area contributed by atoms with E-state index in [1.165, 1.54) is 17.4 Å². The number of amides is 1. The summed E-state index contributed by atoms with van der Waals surface area (Å²) >= 11 is 1.46. The van der Waals surface area contributed by atoms with Gasteiger partial charge in [-0.25, -0.2) is 13.8 Å².